The molecule has 1 N–H and O–H groups in total. The number of rotatable bonds is 5. The molecule has 1 aliphatic heterocycles. The predicted molar refractivity (Wildman–Crippen MR) is 117 cm³/mol. The number of piperazine rings is 1. The van der Waals surface area contributed by atoms with Crippen LogP contribution in [-0.4, -0.2) is 39.6 Å². The fourth-order valence-electron chi connectivity index (χ4n) is 3.46. The van der Waals surface area contributed by atoms with Crippen molar-refractivity contribution in [1.29, 1.82) is 0 Å². The van der Waals surface area contributed by atoms with Gasteiger partial charge in [-0.15, -0.1) is 0 Å². The number of para-hydroxylation sites is 1. The summed E-state index contributed by atoms with van der Waals surface area (Å²) in [4.78, 5) is 8.96. The van der Waals surface area contributed by atoms with Gasteiger partial charge in [0.05, 0.1) is 16.8 Å². The van der Waals surface area contributed by atoms with Gasteiger partial charge in [0.25, 0.3) is 10.0 Å². The Bertz CT molecular complexity index is 1110. The number of hydrogen-bond donors (Lipinski definition) is 1. The summed E-state index contributed by atoms with van der Waals surface area (Å²) in [6.07, 6.45) is 1.51. The molecule has 0 atom stereocenters. The van der Waals surface area contributed by atoms with E-state index in [-0.39, 0.29) is 10.5 Å². The molecule has 1 fully saturated rings. The highest BCUT2D eigenvalue weighted by Crippen LogP contribution is 2.22. The molecule has 8 heteroatoms. The fraction of sp³-hybridized carbons (Fsp3) is 0.227. The average Bonchev–Trinajstić information content (AvgIpc) is 2.77. The number of nitrogens with zero attached hydrogens (tertiary/aromatic N) is 3. The number of hydrogen-bond acceptors (Lipinski definition) is 5. The van der Waals surface area contributed by atoms with Gasteiger partial charge in [-0.25, -0.2) is 17.8 Å². The summed E-state index contributed by atoms with van der Waals surface area (Å²) >= 11 is 0. The first-order valence-electron chi connectivity index (χ1n) is 9.72. The van der Waals surface area contributed by atoms with Crippen LogP contribution in [0.25, 0.3) is 0 Å². The van der Waals surface area contributed by atoms with Gasteiger partial charge < -0.3 is 9.80 Å². The first-order chi connectivity index (χ1) is 14.4. The third-order valence-corrected chi connectivity index (χ3v) is 6.54. The van der Waals surface area contributed by atoms with Gasteiger partial charge in [-0.05, 0) is 55.0 Å². The molecule has 0 bridgehead atoms. The molecule has 0 saturated carbocycles. The summed E-state index contributed by atoms with van der Waals surface area (Å²) in [5, 5.41) is 0. The molecular formula is C22H23FN4O2S. The number of sulfonamides is 1. The second-order valence-corrected chi connectivity index (χ2v) is 8.91. The Hall–Kier alpha value is -3.13. The van der Waals surface area contributed by atoms with Gasteiger partial charge in [-0.2, -0.15) is 0 Å². The molecule has 0 spiro atoms. The number of anilines is 3. The largest absolute Gasteiger partial charge is 0.368 e. The SMILES string of the molecule is Cc1cc(S(=O)(=O)Nc2ccc(N3CCN(c4ccccc4)CC3)nc2)ccc1F. The quantitative estimate of drug-likeness (QED) is 0.675. The lowest BCUT2D eigenvalue weighted by molar-refractivity contribution is 0.598. The van der Waals surface area contributed by atoms with Crippen molar-refractivity contribution < 1.29 is 12.8 Å². The maximum atomic E-state index is 13.4. The van der Waals surface area contributed by atoms with E-state index in [4.69, 9.17) is 0 Å². The van der Waals surface area contributed by atoms with Crippen molar-refractivity contribution in [3.05, 3.63) is 78.2 Å². The standard InChI is InChI=1S/C22H23FN4O2S/c1-17-15-20(8-9-21(17)23)30(28,29)25-18-7-10-22(24-16-18)27-13-11-26(12-14-27)19-5-3-2-4-6-19/h2-10,15-16,25H,11-14H2,1H3. The normalized spacial score (nSPS) is 14.6. The molecule has 0 aliphatic carbocycles. The summed E-state index contributed by atoms with van der Waals surface area (Å²) in [5.74, 6) is 0.371. The molecule has 30 heavy (non-hydrogen) atoms. The minimum absolute atomic E-state index is 0.0162. The van der Waals surface area contributed by atoms with Gasteiger partial charge in [0.1, 0.15) is 11.6 Å². The minimum atomic E-state index is -3.81. The van der Waals surface area contributed by atoms with Gasteiger partial charge in [0.15, 0.2) is 0 Å². The van der Waals surface area contributed by atoms with Gasteiger partial charge in [-0.1, -0.05) is 18.2 Å². The summed E-state index contributed by atoms with van der Waals surface area (Å²) in [5.41, 5.74) is 1.86. The lowest BCUT2D eigenvalue weighted by Crippen LogP contribution is -2.46. The topological polar surface area (TPSA) is 65.5 Å². The van der Waals surface area contributed by atoms with Crippen LogP contribution in [0.4, 0.5) is 21.6 Å². The summed E-state index contributed by atoms with van der Waals surface area (Å²) < 4.78 is 41.0. The van der Waals surface area contributed by atoms with E-state index in [1.807, 2.05) is 24.3 Å². The molecule has 1 aliphatic rings. The van der Waals surface area contributed by atoms with Crippen molar-refractivity contribution in [2.24, 2.45) is 0 Å². The van der Waals surface area contributed by atoms with Crippen molar-refractivity contribution in [2.45, 2.75) is 11.8 Å². The maximum Gasteiger partial charge on any atom is 0.261 e. The van der Waals surface area contributed by atoms with Crippen LogP contribution in [0.3, 0.4) is 0 Å². The van der Waals surface area contributed by atoms with E-state index in [2.05, 4.69) is 31.6 Å². The molecule has 6 nitrogen and oxygen atoms in total. The van der Waals surface area contributed by atoms with Gasteiger partial charge in [-0.3, -0.25) is 4.72 Å². The van der Waals surface area contributed by atoms with Crippen LogP contribution in [0.5, 0.6) is 0 Å². The van der Waals surface area contributed by atoms with Crippen molar-refractivity contribution in [2.75, 3.05) is 40.7 Å². The first kappa shape index (κ1) is 20.2. The van der Waals surface area contributed by atoms with Crippen LogP contribution >= 0.6 is 0 Å². The number of aryl methyl sites for hydroxylation is 1. The lowest BCUT2D eigenvalue weighted by atomic mass is 10.2. The van der Waals surface area contributed by atoms with Crippen LogP contribution in [0.2, 0.25) is 0 Å². The molecule has 156 valence electrons. The average molecular weight is 427 g/mol. The highest BCUT2D eigenvalue weighted by Gasteiger charge is 2.19. The Morgan fingerprint density at radius 2 is 1.63 bits per heavy atom. The number of pyridine rings is 1. The molecule has 3 aromatic rings. The first-order valence-corrected chi connectivity index (χ1v) is 11.2. The molecule has 0 amide bonds. The van der Waals surface area contributed by atoms with Crippen molar-refractivity contribution in [3.63, 3.8) is 0 Å². The lowest BCUT2D eigenvalue weighted by Gasteiger charge is -2.36. The van der Waals surface area contributed by atoms with E-state index in [9.17, 15) is 12.8 Å². The predicted octanol–water partition coefficient (Wildman–Crippen LogP) is 3.66. The fourth-order valence-corrected chi connectivity index (χ4v) is 4.59. The molecule has 2 heterocycles. The minimum Gasteiger partial charge on any atom is -0.368 e. The van der Waals surface area contributed by atoms with Crippen LogP contribution in [0.15, 0.2) is 71.8 Å². The zero-order valence-corrected chi connectivity index (χ0v) is 17.4. The monoisotopic (exact) mass is 426 g/mol. The molecule has 0 radical (unpaired) electrons. The number of benzene rings is 2. The van der Waals surface area contributed by atoms with Crippen LogP contribution in [0, 0.1) is 12.7 Å². The number of nitrogens with one attached hydrogen (secondary N) is 1. The number of halogens is 1. The Morgan fingerprint density at radius 3 is 2.27 bits per heavy atom. The second kappa shape index (κ2) is 8.31. The Kier molecular flexibility index (Phi) is 5.59. The van der Waals surface area contributed by atoms with E-state index in [1.165, 1.54) is 30.9 Å². The third kappa shape index (κ3) is 4.38. The molecule has 2 aromatic carbocycles. The molecule has 1 saturated heterocycles. The van der Waals surface area contributed by atoms with E-state index < -0.39 is 15.8 Å². The zero-order chi connectivity index (χ0) is 21.1. The molecular weight excluding hydrogens is 403 g/mol. The third-order valence-electron chi connectivity index (χ3n) is 5.16. The van der Waals surface area contributed by atoms with Crippen molar-refractivity contribution in [1.82, 2.24) is 4.98 Å². The van der Waals surface area contributed by atoms with Crippen LogP contribution in [-0.2, 0) is 10.0 Å². The zero-order valence-electron chi connectivity index (χ0n) is 16.6. The van der Waals surface area contributed by atoms with Crippen LogP contribution in [0.1, 0.15) is 5.56 Å². The highest BCUT2D eigenvalue weighted by atomic mass is 32.2. The van der Waals surface area contributed by atoms with E-state index >= 15 is 0 Å². The Labute approximate surface area is 176 Å². The van der Waals surface area contributed by atoms with Crippen LogP contribution < -0.4 is 14.5 Å². The van der Waals surface area contributed by atoms with Crippen molar-refractivity contribution >= 4 is 27.2 Å². The summed E-state index contributed by atoms with van der Waals surface area (Å²) in [7, 11) is -3.81. The van der Waals surface area contributed by atoms with Crippen molar-refractivity contribution in [3.8, 4) is 0 Å². The summed E-state index contributed by atoms with van der Waals surface area (Å²) in [6, 6.07) is 17.5. The molecule has 0 unspecified atom stereocenters. The Morgan fingerprint density at radius 1 is 0.933 bits per heavy atom. The molecule has 1 aromatic heterocycles. The Balaban J connectivity index is 1.40. The van der Waals surface area contributed by atoms with E-state index in [1.54, 1.807) is 6.07 Å². The smallest absolute Gasteiger partial charge is 0.261 e. The van der Waals surface area contributed by atoms with E-state index in [0.717, 1.165) is 38.1 Å². The van der Waals surface area contributed by atoms with Gasteiger partial charge >= 0.3 is 0 Å². The summed E-state index contributed by atoms with van der Waals surface area (Å²) in [6.45, 7) is 4.99. The van der Waals surface area contributed by atoms with Gasteiger partial charge in [0.2, 0.25) is 0 Å². The maximum absolute atomic E-state index is 13.4. The second-order valence-electron chi connectivity index (χ2n) is 7.23. The highest BCUT2D eigenvalue weighted by molar-refractivity contribution is 7.92. The van der Waals surface area contributed by atoms with Gasteiger partial charge in [0, 0.05) is 31.9 Å². The number of aromatic nitrogens is 1. The van der Waals surface area contributed by atoms with E-state index in [0.29, 0.717) is 5.69 Å². The molecule has 4 rings (SSSR count).